The molecule has 3 rings (SSSR count). The zero-order chi connectivity index (χ0) is 16.6. The van der Waals surface area contributed by atoms with E-state index in [1.807, 2.05) is 12.1 Å². The average molecular weight is 324 g/mol. The Balaban J connectivity index is 1.35. The summed E-state index contributed by atoms with van der Waals surface area (Å²) >= 11 is 0. The molecule has 1 fully saturated rings. The van der Waals surface area contributed by atoms with E-state index < -0.39 is 0 Å². The molecule has 0 saturated carbocycles. The first-order valence-corrected chi connectivity index (χ1v) is 8.93. The van der Waals surface area contributed by atoms with Gasteiger partial charge in [0.15, 0.2) is 0 Å². The lowest BCUT2D eigenvalue weighted by atomic mass is 9.96. The second-order valence-corrected chi connectivity index (χ2v) is 6.68. The monoisotopic (exact) mass is 324 g/mol. The van der Waals surface area contributed by atoms with Crippen LogP contribution in [-0.2, 0) is 13.1 Å². The molecule has 128 valence electrons. The average Bonchev–Trinajstić information content (AvgIpc) is 2.65. The fourth-order valence-electron chi connectivity index (χ4n) is 3.35. The molecule has 0 spiro atoms. The molecule has 2 aromatic carbocycles. The third-order valence-electron chi connectivity index (χ3n) is 4.88. The molecule has 1 N–H and O–H groups in total. The van der Waals surface area contributed by atoms with Gasteiger partial charge in [-0.25, -0.2) is 0 Å². The summed E-state index contributed by atoms with van der Waals surface area (Å²) in [5.41, 5.74) is 2.74. The van der Waals surface area contributed by atoms with Gasteiger partial charge in [-0.05, 0) is 61.7 Å². The highest BCUT2D eigenvalue weighted by atomic mass is 16.5. The van der Waals surface area contributed by atoms with Crippen LogP contribution in [0, 0.1) is 5.92 Å². The van der Waals surface area contributed by atoms with Crippen LogP contribution in [0.2, 0.25) is 0 Å². The van der Waals surface area contributed by atoms with Crippen LogP contribution in [0.5, 0.6) is 5.75 Å². The van der Waals surface area contributed by atoms with Gasteiger partial charge < -0.3 is 10.1 Å². The molecule has 1 aliphatic rings. The molecule has 2 aromatic rings. The Bertz CT molecular complexity index is 589. The molecule has 3 heteroatoms. The second kappa shape index (κ2) is 8.86. The van der Waals surface area contributed by atoms with Crippen LogP contribution in [0.1, 0.15) is 24.0 Å². The lowest BCUT2D eigenvalue weighted by Gasteiger charge is -2.32. The summed E-state index contributed by atoms with van der Waals surface area (Å²) in [6, 6.07) is 19.1. The van der Waals surface area contributed by atoms with Gasteiger partial charge in [-0.3, -0.25) is 4.90 Å². The number of piperidine rings is 1. The van der Waals surface area contributed by atoms with Gasteiger partial charge in [0, 0.05) is 13.1 Å². The fraction of sp³-hybridized carbons (Fsp3) is 0.429. The van der Waals surface area contributed by atoms with Crippen molar-refractivity contribution in [2.45, 2.75) is 25.9 Å². The van der Waals surface area contributed by atoms with Crippen molar-refractivity contribution < 1.29 is 4.74 Å². The van der Waals surface area contributed by atoms with Crippen molar-refractivity contribution in [1.82, 2.24) is 10.2 Å². The van der Waals surface area contributed by atoms with Crippen LogP contribution in [0.4, 0.5) is 0 Å². The highest BCUT2D eigenvalue weighted by Crippen LogP contribution is 2.18. The Labute approximate surface area is 145 Å². The quantitative estimate of drug-likeness (QED) is 0.840. The van der Waals surface area contributed by atoms with Crippen LogP contribution in [0.25, 0.3) is 0 Å². The van der Waals surface area contributed by atoms with E-state index in [9.17, 15) is 0 Å². The summed E-state index contributed by atoms with van der Waals surface area (Å²) in [5.74, 6) is 1.72. The summed E-state index contributed by atoms with van der Waals surface area (Å²) in [7, 11) is 1.71. The molecule has 0 aromatic heterocycles. The van der Waals surface area contributed by atoms with Gasteiger partial charge in [-0.1, -0.05) is 42.5 Å². The molecule has 0 atom stereocenters. The fourth-order valence-corrected chi connectivity index (χ4v) is 3.35. The normalized spacial score (nSPS) is 16.2. The number of methoxy groups -OCH3 is 1. The van der Waals surface area contributed by atoms with Gasteiger partial charge in [0.25, 0.3) is 0 Å². The van der Waals surface area contributed by atoms with Gasteiger partial charge in [-0.2, -0.15) is 0 Å². The summed E-state index contributed by atoms with van der Waals surface area (Å²) in [6.45, 7) is 5.57. The Morgan fingerprint density at radius 2 is 1.67 bits per heavy atom. The third kappa shape index (κ3) is 5.08. The molecular weight excluding hydrogens is 296 g/mol. The predicted octanol–water partition coefficient (Wildman–Crippen LogP) is 3.70. The van der Waals surface area contributed by atoms with Crippen LogP contribution in [0.15, 0.2) is 54.6 Å². The van der Waals surface area contributed by atoms with Gasteiger partial charge in [0.2, 0.25) is 0 Å². The molecule has 0 radical (unpaired) electrons. The third-order valence-corrected chi connectivity index (χ3v) is 4.88. The zero-order valence-corrected chi connectivity index (χ0v) is 14.6. The Kier molecular flexibility index (Phi) is 6.27. The largest absolute Gasteiger partial charge is 0.497 e. The second-order valence-electron chi connectivity index (χ2n) is 6.68. The highest BCUT2D eigenvalue weighted by Gasteiger charge is 2.18. The minimum Gasteiger partial charge on any atom is -0.497 e. The number of nitrogens with one attached hydrogen (secondary N) is 1. The van der Waals surface area contributed by atoms with E-state index in [2.05, 4.69) is 52.7 Å². The summed E-state index contributed by atoms with van der Waals surface area (Å²) in [4.78, 5) is 2.58. The first-order valence-electron chi connectivity index (χ1n) is 8.93. The van der Waals surface area contributed by atoms with Gasteiger partial charge in [-0.15, -0.1) is 0 Å². The lowest BCUT2D eigenvalue weighted by Crippen LogP contribution is -2.36. The van der Waals surface area contributed by atoms with Crippen molar-refractivity contribution in [2.24, 2.45) is 5.92 Å². The van der Waals surface area contributed by atoms with Crippen molar-refractivity contribution in [3.63, 3.8) is 0 Å². The predicted molar refractivity (Wildman–Crippen MR) is 99.1 cm³/mol. The Hall–Kier alpha value is -1.84. The van der Waals surface area contributed by atoms with E-state index in [4.69, 9.17) is 4.74 Å². The van der Waals surface area contributed by atoms with Crippen molar-refractivity contribution in [3.8, 4) is 5.75 Å². The van der Waals surface area contributed by atoms with E-state index in [1.165, 1.54) is 37.1 Å². The SMILES string of the molecule is COc1ccc(CNCC2CCN(Cc3ccccc3)CC2)cc1. The number of rotatable bonds is 7. The molecule has 0 bridgehead atoms. The Morgan fingerprint density at radius 1 is 0.958 bits per heavy atom. The van der Waals surface area contributed by atoms with Crippen molar-refractivity contribution in [2.75, 3.05) is 26.7 Å². The molecule has 1 aliphatic heterocycles. The van der Waals surface area contributed by atoms with E-state index in [0.717, 1.165) is 31.3 Å². The first kappa shape index (κ1) is 17.0. The summed E-state index contributed by atoms with van der Waals surface area (Å²) < 4.78 is 5.20. The summed E-state index contributed by atoms with van der Waals surface area (Å²) in [5, 5.41) is 3.61. The highest BCUT2D eigenvalue weighted by molar-refractivity contribution is 5.27. The van der Waals surface area contributed by atoms with Crippen LogP contribution >= 0.6 is 0 Å². The van der Waals surface area contributed by atoms with E-state index in [1.54, 1.807) is 7.11 Å². The molecule has 1 heterocycles. The summed E-state index contributed by atoms with van der Waals surface area (Å²) in [6.07, 6.45) is 2.59. The van der Waals surface area contributed by atoms with Gasteiger partial charge in [0.1, 0.15) is 5.75 Å². The van der Waals surface area contributed by atoms with E-state index >= 15 is 0 Å². The maximum absolute atomic E-state index is 5.20. The van der Waals surface area contributed by atoms with Crippen molar-refractivity contribution in [1.29, 1.82) is 0 Å². The standard InChI is InChI=1S/C21H28N2O/c1-24-21-9-7-18(8-10-21)15-22-16-19-11-13-23(14-12-19)17-20-5-3-2-4-6-20/h2-10,19,22H,11-17H2,1H3. The van der Waals surface area contributed by atoms with Gasteiger partial charge in [0.05, 0.1) is 7.11 Å². The number of likely N-dealkylation sites (tertiary alicyclic amines) is 1. The molecule has 0 unspecified atom stereocenters. The number of benzene rings is 2. The van der Waals surface area contributed by atoms with E-state index in [0.29, 0.717) is 0 Å². The molecule has 3 nitrogen and oxygen atoms in total. The minimum atomic E-state index is 0.801. The molecule has 0 aliphatic carbocycles. The maximum Gasteiger partial charge on any atom is 0.118 e. The van der Waals surface area contributed by atoms with Crippen molar-refractivity contribution in [3.05, 3.63) is 65.7 Å². The molecule has 0 amide bonds. The molecular formula is C21H28N2O. The topological polar surface area (TPSA) is 24.5 Å². The number of nitrogens with zero attached hydrogens (tertiary/aromatic N) is 1. The zero-order valence-electron chi connectivity index (χ0n) is 14.6. The Morgan fingerprint density at radius 3 is 2.33 bits per heavy atom. The molecule has 24 heavy (non-hydrogen) atoms. The number of ether oxygens (including phenoxy) is 1. The molecule has 1 saturated heterocycles. The van der Waals surface area contributed by atoms with Gasteiger partial charge >= 0.3 is 0 Å². The van der Waals surface area contributed by atoms with Crippen LogP contribution < -0.4 is 10.1 Å². The number of hydrogen-bond donors (Lipinski definition) is 1. The first-order chi connectivity index (χ1) is 11.8. The lowest BCUT2D eigenvalue weighted by molar-refractivity contribution is 0.175. The minimum absolute atomic E-state index is 0.801. The maximum atomic E-state index is 5.20. The van der Waals surface area contributed by atoms with Crippen molar-refractivity contribution >= 4 is 0 Å². The van der Waals surface area contributed by atoms with Crippen LogP contribution in [-0.4, -0.2) is 31.6 Å². The van der Waals surface area contributed by atoms with E-state index in [-0.39, 0.29) is 0 Å². The number of hydrogen-bond acceptors (Lipinski definition) is 3. The smallest absolute Gasteiger partial charge is 0.118 e. The van der Waals surface area contributed by atoms with Crippen LogP contribution in [0.3, 0.4) is 0 Å².